The Hall–Kier alpha value is -0.610. The first-order valence-corrected chi connectivity index (χ1v) is 4.70. The van der Waals surface area contributed by atoms with Gasteiger partial charge in [-0.1, -0.05) is 0 Å². The molecular formula is C9H17NO3. The van der Waals surface area contributed by atoms with E-state index < -0.39 is 0 Å². The van der Waals surface area contributed by atoms with Gasteiger partial charge in [-0.15, -0.1) is 0 Å². The van der Waals surface area contributed by atoms with Crippen LogP contribution in [0.2, 0.25) is 0 Å². The summed E-state index contributed by atoms with van der Waals surface area (Å²) < 4.78 is 5.37. The molecule has 1 amide bonds. The van der Waals surface area contributed by atoms with E-state index in [2.05, 4.69) is 5.32 Å². The predicted molar refractivity (Wildman–Crippen MR) is 48.3 cm³/mol. The smallest absolute Gasteiger partial charge is 0.249 e. The topological polar surface area (TPSA) is 58.6 Å². The number of hydrogen-bond donors (Lipinski definition) is 2. The molecule has 3 atom stereocenters. The molecule has 4 heteroatoms. The van der Waals surface area contributed by atoms with E-state index in [1.165, 1.54) is 0 Å². The van der Waals surface area contributed by atoms with E-state index >= 15 is 0 Å². The molecule has 0 aliphatic carbocycles. The molecule has 4 nitrogen and oxygen atoms in total. The second-order valence-corrected chi connectivity index (χ2v) is 3.60. The van der Waals surface area contributed by atoms with Gasteiger partial charge in [0, 0.05) is 6.04 Å². The fraction of sp³-hybridized carbons (Fsp3) is 0.889. The summed E-state index contributed by atoms with van der Waals surface area (Å²) in [6, 6.07) is -0.188. The Morgan fingerprint density at radius 1 is 1.69 bits per heavy atom. The highest BCUT2D eigenvalue weighted by Crippen LogP contribution is 2.18. The molecule has 2 N–H and O–H groups in total. The zero-order valence-corrected chi connectivity index (χ0v) is 8.12. The molecule has 1 aliphatic rings. The largest absolute Gasteiger partial charge is 0.394 e. The highest BCUT2D eigenvalue weighted by atomic mass is 16.5. The van der Waals surface area contributed by atoms with Crippen molar-refractivity contribution in [2.75, 3.05) is 6.61 Å². The number of rotatable bonds is 3. The second kappa shape index (κ2) is 4.58. The van der Waals surface area contributed by atoms with Gasteiger partial charge in [0.15, 0.2) is 0 Å². The van der Waals surface area contributed by atoms with E-state index in [-0.39, 0.29) is 30.8 Å². The van der Waals surface area contributed by atoms with Crippen LogP contribution >= 0.6 is 0 Å². The van der Waals surface area contributed by atoms with E-state index in [0.717, 1.165) is 12.8 Å². The molecule has 0 saturated carbocycles. The Bertz CT molecular complexity index is 184. The highest BCUT2D eigenvalue weighted by molar-refractivity contribution is 5.81. The molecule has 0 aromatic rings. The SMILES string of the molecule is CC(CO)NC(=O)C1CCC(C)O1. The number of aliphatic hydroxyl groups is 1. The molecular weight excluding hydrogens is 170 g/mol. The molecule has 0 aromatic heterocycles. The van der Waals surface area contributed by atoms with Gasteiger partial charge in [-0.2, -0.15) is 0 Å². The Morgan fingerprint density at radius 2 is 2.38 bits per heavy atom. The molecule has 0 spiro atoms. The molecule has 3 unspecified atom stereocenters. The molecule has 1 aliphatic heterocycles. The monoisotopic (exact) mass is 187 g/mol. The van der Waals surface area contributed by atoms with E-state index in [1.54, 1.807) is 6.92 Å². The summed E-state index contributed by atoms with van der Waals surface area (Å²) in [5.74, 6) is -0.106. The Balaban J connectivity index is 2.31. The van der Waals surface area contributed by atoms with Gasteiger partial charge < -0.3 is 15.2 Å². The molecule has 0 radical (unpaired) electrons. The van der Waals surface area contributed by atoms with Crippen molar-refractivity contribution in [1.29, 1.82) is 0 Å². The van der Waals surface area contributed by atoms with Crippen LogP contribution < -0.4 is 5.32 Å². The van der Waals surface area contributed by atoms with E-state index in [4.69, 9.17) is 9.84 Å². The van der Waals surface area contributed by atoms with E-state index in [0.29, 0.717) is 0 Å². The summed E-state index contributed by atoms with van der Waals surface area (Å²) in [6.07, 6.45) is 1.58. The first-order chi connectivity index (χ1) is 6.13. The first-order valence-electron chi connectivity index (χ1n) is 4.70. The van der Waals surface area contributed by atoms with Gasteiger partial charge in [-0.3, -0.25) is 4.79 Å². The van der Waals surface area contributed by atoms with Crippen molar-refractivity contribution in [1.82, 2.24) is 5.32 Å². The van der Waals surface area contributed by atoms with Gasteiger partial charge in [-0.05, 0) is 26.7 Å². The number of hydrogen-bond acceptors (Lipinski definition) is 3. The van der Waals surface area contributed by atoms with Crippen LogP contribution in [0, 0.1) is 0 Å². The number of nitrogens with one attached hydrogen (secondary N) is 1. The second-order valence-electron chi connectivity index (χ2n) is 3.60. The van der Waals surface area contributed by atoms with Crippen LogP contribution in [-0.4, -0.2) is 35.9 Å². The first kappa shape index (κ1) is 10.5. The quantitative estimate of drug-likeness (QED) is 0.656. The third-order valence-corrected chi connectivity index (χ3v) is 2.19. The van der Waals surface area contributed by atoms with Gasteiger partial charge in [0.2, 0.25) is 5.91 Å². The van der Waals surface area contributed by atoms with Crippen molar-refractivity contribution in [3.63, 3.8) is 0 Å². The van der Waals surface area contributed by atoms with Crippen molar-refractivity contribution in [2.45, 2.75) is 44.9 Å². The Labute approximate surface area is 78.3 Å². The standard InChI is InChI=1S/C9H17NO3/c1-6(5-11)10-9(12)8-4-3-7(2)13-8/h6-8,11H,3-5H2,1-2H3,(H,10,12). The number of amides is 1. The molecule has 13 heavy (non-hydrogen) atoms. The van der Waals surface area contributed by atoms with E-state index in [9.17, 15) is 4.79 Å². The summed E-state index contributed by atoms with van der Waals surface area (Å²) in [7, 11) is 0. The molecule has 1 rings (SSSR count). The van der Waals surface area contributed by atoms with Crippen LogP contribution in [0.15, 0.2) is 0 Å². The summed E-state index contributed by atoms with van der Waals surface area (Å²) in [5, 5.41) is 11.4. The van der Waals surface area contributed by atoms with Crippen LogP contribution in [0.5, 0.6) is 0 Å². The summed E-state index contributed by atoms with van der Waals surface area (Å²) in [4.78, 5) is 11.4. The Morgan fingerprint density at radius 3 is 2.85 bits per heavy atom. The Kier molecular flexibility index (Phi) is 3.69. The number of aliphatic hydroxyl groups excluding tert-OH is 1. The normalized spacial score (nSPS) is 30.1. The number of ether oxygens (including phenoxy) is 1. The maximum absolute atomic E-state index is 11.4. The van der Waals surface area contributed by atoms with Gasteiger partial charge >= 0.3 is 0 Å². The lowest BCUT2D eigenvalue weighted by Gasteiger charge is -2.15. The third-order valence-electron chi connectivity index (χ3n) is 2.19. The van der Waals surface area contributed by atoms with Gasteiger partial charge in [0.05, 0.1) is 12.7 Å². The molecule has 1 heterocycles. The highest BCUT2D eigenvalue weighted by Gasteiger charge is 2.28. The van der Waals surface area contributed by atoms with Crippen molar-refractivity contribution in [3.8, 4) is 0 Å². The van der Waals surface area contributed by atoms with Crippen molar-refractivity contribution in [2.24, 2.45) is 0 Å². The lowest BCUT2D eigenvalue weighted by atomic mass is 10.2. The lowest BCUT2D eigenvalue weighted by Crippen LogP contribution is -2.41. The fourth-order valence-corrected chi connectivity index (χ4v) is 1.38. The average Bonchev–Trinajstić information content (AvgIpc) is 2.51. The third kappa shape index (κ3) is 2.97. The van der Waals surface area contributed by atoms with E-state index in [1.807, 2.05) is 6.92 Å². The van der Waals surface area contributed by atoms with Crippen LogP contribution in [0.25, 0.3) is 0 Å². The van der Waals surface area contributed by atoms with Gasteiger partial charge in [0.25, 0.3) is 0 Å². The van der Waals surface area contributed by atoms with Crippen LogP contribution in [0.1, 0.15) is 26.7 Å². The van der Waals surface area contributed by atoms with Crippen molar-refractivity contribution in [3.05, 3.63) is 0 Å². The fourth-order valence-electron chi connectivity index (χ4n) is 1.38. The van der Waals surface area contributed by atoms with Crippen LogP contribution in [0.4, 0.5) is 0 Å². The molecule has 0 bridgehead atoms. The van der Waals surface area contributed by atoms with Gasteiger partial charge in [-0.25, -0.2) is 0 Å². The summed E-state index contributed by atoms with van der Waals surface area (Å²) >= 11 is 0. The number of carbonyl (C=O) groups is 1. The average molecular weight is 187 g/mol. The van der Waals surface area contributed by atoms with Crippen LogP contribution in [-0.2, 0) is 9.53 Å². The maximum atomic E-state index is 11.4. The summed E-state index contributed by atoms with van der Waals surface area (Å²) in [6.45, 7) is 3.69. The number of carbonyl (C=O) groups excluding carboxylic acids is 1. The molecule has 76 valence electrons. The zero-order chi connectivity index (χ0) is 9.84. The molecule has 1 fully saturated rings. The zero-order valence-electron chi connectivity index (χ0n) is 8.12. The molecule has 1 saturated heterocycles. The van der Waals surface area contributed by atoms with Gasteiger partial charge in [0.1, 0.15) is 6.10 Å². The minimum Gasteiger partial charge on any atom is -0.394 e. The minimum atomic E-state index is -0.316. The minimum absolute atomic E-state index is 0.0337. The maximum Gasteiger partial charge on any atom is 0.249 e. The van der Waals surface area contributed by atoms with Crippen molar-refractivity contribution >= 4 is 5.91 Å². The molecule has 0 aromatic carbocycles. The lowest BCUT2D eigenvalue weighted by molar-refractivity contribution is -0.132. The summed E-state index contributed by atoms with van der Waals surface area (Å²) in [5.41, 5.74) is 0. The van der Waals surface area contributed by atoms with Crippen LogP contribution in [0.3, 0.4) is 0 Å². The van der Waals surface area contributed by atoms with Crippen molar-refractivity contribution < 1.29 is 14.6 Å². The predicted octanol–water partition coefficient (Wildman–Crippen LogP) is 0.0509.